The number of carbonyl (C=O) groups is 2. The molecule has 1 aliphatic rings. The van der Waals surface area contributed by atoms with Gasteiger partial charge in [-0.3, -0.25) is 9.59 Å². The van der Waals surface area contributed by atoms with Gasteiger partial charge in [-0.15, -0.1) is 0 Å². The van der Waals surface area contributed by atoms with Gasteiger partial charge in [-0.05, 0) is 40.5 Å². The first kappa shape index (κ1) is 16.0. The third kappa shape index (κ3) is 3.83. The number of halogens is 1. The first-order valence-electron chi connectivity index (χ1n) is 7.04. The molecule has 114 valence electrons. The van der Waals surface area contributed by atoms with Gasteiger partial charge in [-0.1, -0.05) is 6.92 Å². The maximum Gasteiger partial charge on any atom is 0.245 e. The molecular weight excluding hydrogens is 336 g/mol. The summed E-state index contributed by atoms with van der Waals surface area (Å²) in [5, 5.41) is 2.91. The van der Waals surface area contributed by atoms with E-state index in [0.717, 1.165) is 22.9 Å². The van der Waals surface area contributed by atoms with Crippen LogP contribution in [0.4, 0.5) is 5.69 Å². The molecule has 0 radical (unpaired) electrons. The van der Waals surface area contributed by atoms with Crippen LogP contribution in [0.3, 0.4) is 0 Å². The van der Waals surface area contributed by atoms with Crippen LogP contribution in [0.25, 0.3) is 0 Å². The normalized spacial score (nSPS) is 18.4. The van der Waals surface area contributed by atoms with Gasteiger partial charge in [0, 0.05) is 23.1 Å². The molecule has 0 saturated carbocycles. The first-order valence-corrected chi connectivity index (χ1v) is 7.83. The summed E-state index contributed by atoms with van der Waals surface area (Å²) in [5.41, 5.74) is 1.51. The number of hydrogen-bond donors (Lipinski definition) is 1. The Kier molecular flexibility index (Phi) is 5.76. The van der Waals surface area contributed by atoms with Crippen molar-refractivity contribution in [2.75, 3.05) is 31.2 Å². The highest BCUT2D eigenvalue weighted by molar-refractivity contribution is 9.10. The van der Waals surface area contributed by atoms with E-state index in [-0.39, 0.29) is 11.9 Å². The van der Waals surface area contributed by atoms with Gasteiger partial charge < -0.3 is 15.0 Å². The Hall–Kier alpha value is -1.40. The number of ether oxygens (including phenoxy) is 1. The summed E-state index contributed by atoms with van der Waals surface area (Å²) >= 11 is 3.48. The lowest BCUT2D eigenvalue weighted by Crippen LogP contribution is -2.54. The molecule has 1 aliphatic heterocycles. The van der Waals surface area contributed by atoms with Crippen LogP contribution in [0.2, 0.25) is 0 Å². The summed E-state index contributed by atoms with van der Waals surface area (Å²) < 4.78 is 6.25. The Morgan fingerprint density at radius 1 is 1.57 bits per heavy atom. The zero-order valence-corrected chi connectivity index (χ0v) is 13.6. The van der Waals surface area contributed by atoms with Crippen LogP contribution in [-0.4, -0.2) is 44.5 Å². The minimum atomic E-state index is -0.344. The SMILES string of the molecule is CCCNC(=O)C1COCCN1c1ccc(C=O)cc1Br. The summed E-state index contributed by atoms with van der Waals surface area (Å²) in [6, 6.07) is 5.03. The maximum atomic E-state index is 12.3. The Morgan fingerprint density at radius 2 is 2.38 bits per heavy atom. The zero-order chi connectivity index (χ0) is 15.2. The van der Waals surface area contributed by atoms with Crippen molar-refractivity contribution >= 4 is 33.8 Å². The molecular formula is C15H19BrN2O3. The lowest BCUT2D eigenvalue weighted by atomic mass is 10.1. The second-order valence-corrected chi connectivity index (χ2v) is 5.76. The fourth-order valence-electron chi connectivity index (χ4n) is 2.30. The molecule has 1 N–H and O–H groups in total. The molecule has 0 aliphatic carbocycles. The van der Waals surface area contributed by atoms with Crippen molar-refractivity contribution in [3.05, 3.63) is 28.2 Å². The highest BCUT2D eigenvalue weighted by atomic mass is 79.9. The number of amides is 1. The van der Waals surface area contributed by atoms with Crippen LogP contribution >= 0.6 is 15.9 Å². The number of rotatable bonds is 5. The molecule has 1 atom stereocenters. The monoisotopic (exact) mass is 354 g/mol. The van der Waals surface area contributed by atoms with Gasteiger partial charge in [0.1, 0.15) is 12.3 Å². The Bertz CT molecular complexity index is 522. The van der Waals surface area contributed by atoms with Crippen molar-refractivity contribution in [1.29, 1.82) is 0 Å². The standard InChI is InChI=1S/C15H19BrN2O3/c1-2-5-17-15(20)14-10-21-7-6-18(14)13-4-3-11(9-19)8-12(13)16/h3-4,8-9,14H,2,5-7,10H2,1H3,(H,17,20). The van der Waals surface area contributed by atoms with E-state index < -0.39 is 0 Å². The van der Waals surface area contributed by atoms with Crippen molar-refractivity contribution in [3.8, 4) is 0 Å². The lowest BCUT2D eigenvalue weighted by Gasteiger charge is -2.36. The van der Waals surface area contributed by atoms with Crippen LogP contribution in [0.1, 0.15) is 23.7 Å². The van der Waals surface area contributed by atoms with Crippen molar-refractivity contribution in [2.45, 2.75) is 19.4 Å². The predicted molar refractivity (Wildman–Crippen MR) is 84.8 cm³/mol. The third-order valence-corrected chi connectivity index (χ3v) is 4.03. The van der Waals surface area contributed by atoms with Crippen LogP contribution < -0.4 is 10.2 Å². The first-order chi connectivity index (χ1) is 10.2. The summed E-state index contributed by atoms with van der Waals surface area (Å²) in [7, 11) is 0. The topological polar surface area (TPSA) is 58.6 Å². The highest BCUT2D eigenvalue weighted by Gasteiger charge is 2.30. The van der Waals surface area contributed by atoms with Crippen molar-refractivity contribution in [1.82, 2.24) is 5.32 Å². The molecule has 0 bridgehead atoms. The fourth-order valence-corrected chi connectivity index (χ4v) is 2.93. The van der Waals surface area contributed by atoms with Crippen LogP contribution in [0, 0.1) is 0 Å². The van der Waals surface area contributed by atoms with E-state index in [2.05, 4.69) is 21.2 Å². The van der Waals surface area contributed by atoms with Crippen molar-refractivity contribution < 1.29 is 14.3 Å². The Morgan fingerprint density at radius 3 is 3.05 bits per heavy atom. The molecule has 1 amide bonds. The maximum absolute atomic E-state index is 12.3. The van der Waals surface area contributed by atoms with Gasteiger partial charge in [0.15, 0.2) is 0 Å². The Labute approximate surface area is 132 Å². The second kappa shape index (κ2) is 7.56. The zero-order valence-electron chi connectivity index (χ0n) is 12.0. The third-order valence-electron chi connectivity index (χ3n) is 3.40. The molecule has 1 heterocycles. The molecule has 21 heavy (non-hydrogen) atoms. The van der Waals surface area contributed by atoms with E-state index in [1.165, 1.54) is 0 Å². The Balaban J connectivity index is 2.22. The number of nitrogens with zero attached hydrogens (tertiary/aromatic N) is 1. The van der Waals surface area contributed by atoms with E-state index in [1.807, 2.05) is 17.9 Å². The molecule has 0 spiro atoms. The average molecular weight is 355 g/mol. The smallest absolute Gasteiger partial charge is 0.245 e. The predicted octanol–water partition coefficient (Wildman–Crippen LogP) is 1.99. The quantitative estimate of drug-likeness (QED) is 0.821. The summed E-state index contributed by atoms with van der Waals surface area (Å²) in [6.45, 7) is 4.28. The van der Waals surface area contributed by atoms with Crippen molar-refractivity contribution in [3.63, 3.8) is 0 Å². The van der Waals surface area contributed by atoms with Gasteiger partial charge in [-0.25, -0.2) is 0 Å². The minimum Gasteiger partial charge on any atom is -0.377 e. The summed E-state index contributed by atoms with van der Waals surface area (Å²) in [6.07, 6.45) is 1.70. The molecule has 5 nitrogen and oxygen atoms in total. The van der Waals surface area contributed by atoms with Crippen LogP contribution in [0.5, 0.6) is 0 Å². The van der Waals surface area contributed by atoms with E-state index >= 15 is 0 Å². The van der Waals surface area contributed by atoms with Gasteiger partial charge in [-0.2, -0.15) is 0 Å². The largest absolute Gasteiger partial charge is 0.377 e. The minimum absolute atomic E-state index is 0.0251. The molecule has 1 saturated heterocycles. The van der Waals surface area contributed by atoms with Crippen molar-refractivity contribution in [2.24, 2.45) is 0 Å². The molecule has 1 aromatic carbocycles. The molecule has 0 aromatic heterocycles. The van der Waals surface area contributed by atoms with Crippen LogP contribution in [-0.2, 0) is 9.53 Å². The van der Waals surface area contributed by atoms with E-state index in [9.17, 15) is 9.59 Å². The number of hydrogen-bond acceptors (Lipinski definition) is 4. The van der Waals surface area contributed by atoms with E-state index in [1.54, 1.807) is 12.1 Å². The van der Waals surface area contributed by atoms with E-state index in [0.29, 0.717) is 31.9 Å². The molecule has 1 fully saturated rings. The number of aldehydes is 1. The number of anilines is 1. The fraction of sp³-hybridized carbons (Fsp3) is 0.467. The number of carbonyl (C=O) groups excluding carboxylic acids is 2. The van der Waals surface area contributed by atoms with Gasteiger partial charge in [0.25, 0.3) is 0 Å². The molecule has 6 heteroatoms. The second-order valence-electron chi connectivity index (χ2n) is 4.90. The molecule has 2 rings (SSSR count). The molecule has 1 unspecified atom stereocenters. The highest BCUT2D eigenvalue weighted by Crippen LogP contribution is 2.29. The summed E-state index contributed by atoms with van der Waals surface area (Å²) in [4.78, 5) is 25.1. The molecule has 1 aromatic rings. The van der Waals surface area contributed by atoms with E-state index in [4.69, 9.17) is 4.74 Å². The number of nitrogens with one attached hydrogen (secondary N) is 1. The number of morpholine rings is 1. The van der Waals surface area contributed by atoms with Crippen LogP contribution in [0.15, 0.2) is 22.7 Å². The average Bonchev–Trinajstić information content (AvgIpc) is 2.52. The van der Waals surface area contributed by atoms with Gasteiger partial charge >= 0.3 is 0 Å². The summed E-state index contributed by atoms with van der Waals surface area (Å²) in [5.74, 6) is -0.0251. The van der Waals surface area contributed by atoms with Gasteiger partial charge in [0.05, 0.1) is 18.9 Å². The lowest BCUT2D eigenvalue weighted by molar-refractivity contribution is -0.124. The van der Waals surface area contributed by atoms with Gasteiger partial charge in [0.2, 0.25) is 5.91 Å². The number of benzene rings is 1.